The van der Waals surface area contributed by atoms with Gasteiger partial charge in [-0.3, -0.25) is 9.36 Å². The van der Waals surface area contributed by atoms with Gasteiger partial charge in [0.25, 0.3) is 0 Å². The number of ether oxygens (including phenoxy) is 1. The predicted octanol–water partition coefficient (Wildman–Crippen LogP) is 2.86. The maximum atomic E-state index is 12.0. The number of ketones is 1. The smallest absolute Gasteiger partial charge is 0.349 e. The van der Waals surface area contributed by atoms with Crippen molar-refractivity contribution in [2.24, 2.45) is 5.92 Å². The first kappa shape index (κ1) is 32.3. The predicted molar refractivity (Wildman–Crippen MR) is 145 cm³/mol. The molecule has 2 heterocycles. The van der Waals surface area contributed by atoms with Crippen LogP contribution >= 0.6 is 0 Å². The second kappa shape index (κ2) is 14.9. The maximum Gasteiger partial charge on any atom is 0.349 e. The van der Waals surface area contributed by atoms with Crippen LogP contribution in [0, 0.1) is 17.2 Å². The first-order valence-corrected chi connectivity index (χ1v) is 16.4. The molecule has 0 unspecified atom stereocenters. The average Bonchev–Trinajstić information content (AvgIpc) is 3.08. The second-order valence-corrected chi connectivity index (χ2v) is 19.2. The van der Waals surface area contributed by atoms with E-state index in [9.17, 15) is 14.7 Å². The Hall–Kier alpha value is -1.69. The molecule has 1 saturated heterocycles. The highest BCUT2D eigenvalue weighted by Gasteiger charge is 2.45. The van der Waals surface area contributed by atoms with Crippen molar-refractivity contribution in [1.82, 2.24) is 9.55 Å². The molecule has 9 nitrogen and oxygen atoms in total. The van der Waals surface area contributed by atoms with Crippen LogP contribution < -0.4 is 5.69 Å². The van der Waals surface area contributed by atoms with E-state index in [0.29, 0.717) is 5.69 Å². The second-order valence-electron chi connectivity index (χ2n) is 10.9. The van der Waals surface area contributed by atoms with Gasteiger partial charge in [-0.1, -0.05) is 55.4 Å². The van der Waals surface area contributed by atoms with E-state index in [4.69, 9.17) is 19.2 Å². The number of aromatic nitrogens is 2. The summed E-state index contributed by atoms with van der Waals surface area (Å²) in [7, 11) is -1.98. The van der Waals surface area contributed by atoms with Crippen molar-refractivity contribution in [3.05, 3.63) is 28.4 Å². The zero-order chi connectivity index (χ0) is 27.7. The molecule has 1 aromatic heterocycles. The summed E-state index contributed by atoms with van der Waals surface area (Å²) in [5, 5.41) is 28.0. The summed E-state index contributed by atoms with van der Waals surface area (Å²) in [6, 6.07) is 3.36. The Morgan fingerprint density at radius 2 is 1.64 bits per heavy atom. The van der Waals surface area contributed by atoms with Gasteiger partial charge in [-0.05, 0) is 35.2 Å². The number of nitrogens with zero attached hydrogens (tertiary/aromatic N) is 3. The van der Waals surface area contributed by atoms with Crippen LogP contribution in [0.5, 0.6) is 0 Å². The minimum absolute atomic E-state index is 0.0468. The van der Waals surface area contributed by atoms with Crippen molar-refractivity contribution in [2.45, 2.75) is 109 Å². The molecule has 36 heavy (non-hydrogen) atoms. The van der Waals surface area contributed by atoms with Crippen LogP contribution in [0.15, 0.2) is 17.1 Å². The minimum atomic E-state index is -1.19. The highest BCUT2D eigenvalue weighted by atomic mass is 28.4. The third kappa shape index (κ3) is 9.01. The van der Waals surface area contributed by atoms with E-state index in [-0.39, 0.29) is 12.2 Å². The van der Waals surface area contributed by atoms with E-state index in [2.05, 4.69) is 60.4 Å². The van der Waals surface area contributed by atoms with E-state index in [1.54, 1.807) is 0 Å². The van der Waals surface area contributed by atoms with E-state index in [1.807, 2.05) is 6.07 Å². The Kier molecular flexibility index (Phi) is 13.4. The van der Waals surface area contributed by atoms with Crippen LogP contribution in [-0.4, -0.2) is 62.4 Å². The molecule has 1 aliphatic rings. The maximum absolute atomic E-state index is 12.0. The van der Waals surface area contributed by atoms with E-state index in [0.717, 1.165) is 26.7 Å². The fourth-order valence-corrected chi connectivity index (χ4v) is 14.2. The SMILES string of the molecule is CC(=O)Cc1ccn([C@@H]2O[C@H](CO)[C@@H](O)[C@@H]2C#N)c(=O)n1.CC(C)[SiH](O[SiH](C(C)C)C(C)C)C(C)C. The molecule has 0 aliphatic carbocycles. The van der Waals surface area contributed by atoms with Crippen LogP contribution in [-0.2, 0) is 20.1 Å². The Balaban J connectivity index is 0.000000384. The van der Waals surface area contributed by atoms with Gasteiger partial charge in [-0.2, -0.15) is 10.2 Å². The van der Waals surface area contributed by atoms with Crippen molar-refractivity contribution in [3.63, 3.8) is 0 Å². The van der Waals surface area contributed by atoms with Gasteiger partial charge in [0.2, 0.25) is 0 Å². The van der Waals surface area contributed by atoms with Crippen LogP contribution in [0.1, 0.15) is 74.2 Å². The molecule has 0 radical (unpaired) electrons. The molecule has 2 rings (SSSR count). The molecule has 204 valence electrons. The highest BCUT2D eigenvalue weighted by molar-refractivity contribution is 6.69. The van der Waals surface area contributed by atoms with Gasteiger partial charge in [-0.25, -0.2) is 4.79 Å². The molecular formula is C25H45N3O6Si2. The van der Waals surface area contributed by atoms with E-state index < -0.39 is 54.7 Å². The molecule has 1 aromatic rings. The van der Waals surface area contributed by atoms with Crippen LogP contribution in [0.3, 0.4) is 0 Å². The van der Waals surface area contributed by atoms with Crippen molar-refractivity contribution < 1.29 is 23.9 Å². The molecule has 2 N–H and O–H groups in total. The van der Waals surface area contributed by atoms with Gasteiger partial charge < -0.3 is 19.1 Å². The zero-order valence-electron chi connectivity index (χ0n) is 23.2. The molecule has 11 heteroatoms. The fraction of sp³-hybridized carbons (Fsp3) is 0.760. The number of hydrogen-bond acceptors (Lipinski definition) is 8. The number of hydrogen-bond donors (Lipinski definition) is 2. The number of carbonyl (C=O) groups excluding carboxylic acids is 1. The number of carbonyl (C=O) groups is 1. The Morgan fingerprint density at radius 1 is 1.14 bits per heavy atom. The van der Waals surface area contributed by atoms with Gasteiger partial charge in [0.05, 0.1) is 18.4 Å². The highest BCUT2D eigenvalue weighted by Crippen LogP contribution is 2.33. The molecule has 0 spiro atoms. The molecule has 0 aromatic carbocycles. The number of nitriles is 1. The van der Waals surface area contributed by atoms with Gasteiger partial charge in [-0.15, -0.1) is 0 Å². The topological polar surface area (TPSA) is 135 Å². The molecule has 1 aliphatic heterocycles. The summed E-state index contributed by atoms with van der Waals surface area (Å²) in [4.78, 5) is 26.7. The van der Waals surface area contributed by atoms with E-state index >= 15 is 0 Å². The minimum Gasteiger partial charge on any atom is -0.459 e. The van der Waals surface area contributed by atoms with Gasteiger partial charge in [0.1, 0.15) is 23.9 Å². The third-order valence-corrected chi connectivity index (χ3v) is 14.0. The number of Topliss-reactive ketones (excluding diaryl/α,β-unsaturated/α-hetero) is 1. The lowest BCUT2D eigenvalue weighted by Crippen LogP contribution is -2.37. The van der Waals surface area contributed by atoms with Crippen molar-refractivity contribution in [3.8, 4) is 6.07 Å². The largest absolute Gasteiger partial charge is 0.459 e. The normalized spacial score (nSPS) is 22.0. The van der Waals surface area contributed by atoms with Crippen LogP contribution in [0.4, 0.5) is 0 Å². The van der Waals surface area contributed by atoms with Gasteiger partial charge >= 0.3 is 5.69 Å². The Labute approximate surface area is 218 Å². The number of rotatable bonds is 10. The molecular weight excluding hydrogens is 494 g/mol. The molecule has 1 fully saturated rings. The van der Waals surface area contributed by atoms with Crippen molar-refractivity contribution >= 4 is 23.9 Å². The number of aliphatic hydroxyl groups is 2. The Bertz CT molecular complexity index is 897. The summed E-state index contributed by atoms with van der Waals surface area (Å²) in [6.07, 6.45) is -1.72. The number of aliphatic hydroxyl groups excluding tert-OH is 2. The lowest BCUT2D eigenvalue weighted by atomic mass is 10.0. The summed E-state index contributed by atoms with van der Waals surface area (Å²) in [5.41, 5.74) is 2.75. The third-order valence-electron chi connectivity index (χ3n) is 6.23. The summed E-state index contributed by atoms with van der Waals surface area (Å²) in [5.74, 6) is -1.11. The first-order chi connectivity index (χ1) is 16.7. The monoisotopic (exact) mass is 539 g/mol. The first-order valence-electron chi connectivity index (χ1n) is 12.8. The molecule has 4 atom stereocenters. The lowest BCUT2D eigenvalue weighted by molar-refractivity contribution is -0.116. The van der Waals surface area contributed by atoms with Gasteiger partial charge in [0.15, 0.2) is 24.3 Å². The molecule has 0 saturated carbocycles. The lowest BCUT2D eigenvalue weighted by Gasteiger charge is -2.32. The summed E-state index contributed by atoms with van der Waals surface area (Å²) < 4.78 is 13.0. The van der Waals surface area contributed by atoms with Gasteiger partial charge in [0, 0.05) is 12.6 Å². The Morgan fingerprint density at radius 3 is 2.00 bits per heavy atom. The van der Waals surface area contributed by atoms with Crippen molar-refractivity contribution in [1.29, 1.82) is 5.26 Å². The standard InChI is InChI=1S/C13H15N3O5.C12H30OSi2/c1-7(18)4-8-2-3-16(13(20)15-8)12-9(5-14)11(19)10(6-17)21-12;1-9(2)14(10(3)4)13-15(11(5)6)12(7)8/h2-3,9-12,17,19H,4,6H2,1H3;9-12,14-15H,1-8H3/t9-,10+,11-,12+;/m0./s1. The fourth-order valence-electron chi connectivity index (χ4n) is 4.62. The summed E-state index contributed by atoms with van der Waals surface area (Å²) >= 11 is 0. The van der Waals surface area contributed by atoms with Crippen LogP contribution in [0.25, 0.3) is 0 Å². The van der Waals surface area contributed by atoms with E-state index in [1.165, 1.54) is 19.2 Å². The molecule has 0 amide bonds. The molecule has 0 bridgehead atoms. The zero-order valence-corrected chi connectivity index (χ0v) is 25.5. The van der Waals surface area contributed by atoms with Crippen LogP contribution in [0.2, 0.25) is 22.2 Å². The average molecular weight is 540 g/mol. The quantitative estimate of drug-likeness (QED) is 0.433. The van der Waals surface area contributed by atoms with Crippen molar-refractivity contribution in [2.75, 3.05) is 6.61 Å². The summed E-state index contributed by atoms with van der Waals surface area (Å²) in [6.45, 7) is 19.6.